The van der Waals surface area contributed by atoms with Crippen molar-refractivity contribution in [2.24, 2.45) is 0 Å². The first-order valence-corrected chi connectivity index (χ1v) is 4.93. The van der Waals surface area contributed by atoms with Crippen LogP contribution < -0.4 is 10.3 Å². The van der Waals surface area contributed by atoms with Crippen molar-refractivity contribution in [2.45, 2.75) is 33.1 Å². The maximum atomic E-state index is 11.0. The predicted molar refractivity (Wildman–Crippen MR) is 54.6 cm³/mol. The lowest BCUT2D eigenvalue weighted by atomic mass is 10.3. The molecule has 14 heavy (non-hydrogen) atoms. The summed E-state index contributed by atoms with van der Waals surface area (Å²) in [6.07, 6.45) is 3.30. The number of unbranched alkanes of at least 4 members (excludes halogenated alkanes) is 2. The first kappa shape index (κ1) is 10.8. The Bertz CT molecular complexity index is 333. The zero-order chi connectivity index (χ0) is 10.4. The molecule has 1 aromatic heterocycles. The summed E-state index contributed by atoms with van der Waals surface area (Å²) in [6.45, 7) is 4.50. The third kappa shape index (κ3) is 3.60. The number of ether oxygens (including phenoxy) is 1. The molecule has 0 saturated heterocycles. The van der Waals surface area contributed by atoms with E-state index < -0.39 is 0 Å². The van der Waals surface area contributed by atoms with Gasteiger partial charge in [0.1, 0.15) is 5.82 Å². The van der Waals surface area contributed by atoms with Crippen molar-refractivity contribution in [3.8, 4) is 5.88 Å². The Morgan fingerprint density at radius 2 is 2.29 bits per heavy atom. The Balaban J connectivity index is 2.46. The molecule has 0 unspecified atom stereocenters. The largest absolute Gasteiger partial charge is 0.477 e. The van der Waals surface area contributed by atoms with Crippen molar-refractivity contribution in [2.75, 3.05) is 6.61 Å². The third-order valence-corrected chi connectivity index (χ3v) is 1.83. The zero-order valence-corrected chi connectivity index (χ0v) is 8.67. The summed E-state index contributed by atoms with van der Waals surface area (Å²) in [5, 5.41) is 0. The molecule has 1 heterocycles. The van der Waals surface area contributed by atoms with E-state index in [0.29, 0.717) is 18.3 Å². The number of hydrogen-bond donors (Lipinski definition) is 1. The highest BCUT2D eigenvalue weighted by Crippen LogP contribution is 2.03. The molecule has 78 valence electrons. The maximum Gasteiger partial charge on any atom is 0.254 e. The summed E-state index contributed by atoms with van der Waals surface area (Å²) in [6, 6.07) is 1.37. The van der Waals surface area contributed by atoms with Crippen LogP contribution in [0.3, 0.4) is 0 Å². The molecule has 0 spiro atoms. The number of hydrogen-bond acceptors (Lipinski definition) is 3. The third-order valence-electron chi connectivity index (χ3n) is 1.83. The first-order valence-electron chi connectivity index (χ1n) is 4.93. The molecule has 0 aliphatic heterocycles. The number of rotatable bonds is 5. The highest BCUT2D eigenvalue weighted by Gasteiger charge is 1.98. The molecule has 0 atom stereocenters. The molecule has 0 fully saturated rings. The van der Waals surface area contributed by atoms with Gasteiger partial charge in [-0.25, -0.2) is 4.98 Å². The van der Waals surface area contributed by atoms with Crippen molar-refractivity contribution in [1.29, 1.82) is 0 Å². The van der Waals surface area contributed by atoms with Crippen LogP contribution in [0.15, 0.2) is 10.9 Å². The molecular weight excluding hydrogens is 180 g/mol. The quantitative estimate of drug-likeness (QED) is 0.728. The van der Waals surface area contributed by atoms with E-state index in [9.17, 15) is 4.79 Å². The number of nitrogens with one attached hydrogen (secondary N) is 1. The normalized spacial score (nSPS) is 10.1. The standard InChI is InChI=1S/C10H16N2O2/c1-3-4-5-6-14-10-7-9(13)11-8(2)12-10/h7H,3-6H2,1-2H3,(H,11,12,13). The van der Waals surface area contributed by atoms with Crippen LogP contribution in [0.1, 0.15) is 32.0 Å². The van der Waals surface area contributed by atoms with Crippen LogP contribution in [0.25, 0.3) is 0 Å². The zero-order valence-electron chi connectivity index (χ0n) is 8.67. The van der Waals surface area contributed by atoms with Gasteiger partial charge in [-0.1, -0.05) is 19.8 Å². The Labute approximate surface area is 83.3 Å². The predicted octanol–water partition coefficient (Wildman–Crippen LogP) is 1.65. The second-order valence-electron chi connectivity index (χ2n) is 3.22. The Morgan fingerprint density at radius 3 is 2.93 bits per heavy atom. The van der Waals surface area contributed by atoms with E-state index in [0.717, 1.165) is 19.3 Å². The Kier molecular flexibility index (Phi) is 4.16. The molecule has 0 aliphatic carbocycles. The average Bonchev–Trinajstić information content (AvgIpc) is 2.11. The molecule has 1 aromatic rings. The number of nitrogens with zero attached hydrogens (tertiary/aromatic N) is 1. The van der Waals surface area contributed by atoms with Gasteiger partial charge in [0.05, 0.1) is 12.7 Å². The molecule has 0 bridgehead atoms. The molecule has 1 N–H and O–H groups in total. The summed E-state index contributed by atoms with van der Waals surface area (Å²) < 4.78 is 5.34. The van der Waals surface area contributed by atoms with Gasteiger partial charge in [-0.15, -0.1) is 0 Å². The molecule has 4 nitrogen and oxygen atoms in total. The second kappa shape index (κ2) is 5.42. The smallest absolute Gasteiger partial charge is 0.254 e. The summed E-state index contributed by atoms with van der Waals surface area (Å²) in [5.41, 5.74) is -0.164. The SMILES string of the molecule is CCCCCOc1cc(=O)[nH]c(C)n1. The van der Waals surface area contributed by atoms with E-state index in [2.05, 4.69) is 16.9 Å². The van der Waals surface area contributed by atoms with Crippen molar-refractivity contribution >= 4 is 0 Å². The summed E-state index contributed by atoms with van der Waals surface area (Å²) in [4.78, 5) is 17.6. The topological polar surface area (TPSA) is 55.0 Å². The van der Waals surface area contributed by atoms with Crippen LogP contribution in [-0.2, 0) is 0 Å². The van der Waals surface area contributed by atoms with Crippen LogP contribution in [-0.4, -0.2) is 16.6 Å². The van der Waals surface area contributed by atoms with Crippen LogP contribution in [0.2, 0.25) is 0 Å². The van der Waals surface area contributed by atoms with Gasteiger partial charge in [0.15, 0.2) is 0 Å². The number of aromatic nitrogens is 2. The minimum absolute atomic E-state index is 0.164. The second-order valence-corrected chi connectivity index (χ2v) is 3.22. The van der Waals surface area contributed by atoms with Crippen molar-refractivity contribution < 1.29 is 4.74 Å². The van der Waals surface area contributed by atoms with Gasteiger partial charge in [-0.3, -0.25) is 4.79 Å². The monoisotopic (exact) mass is 196 g/mol. The molecule has 0 amide bonds. The van der Waals surface area contributed by atoms with Gasteiger partial charge in [0.2, 0.25) is 5.88 Å². The fraction of sp³-hybridized carbons (Fsp3) is 0.600. The van der Waals surface area contributed by atoms with Crippen LogP contribution in [0.4, 0.5) is 0 Å². The van der Waals surface area contributed by atoms with Crippen molar-refractivity contribution in [3.05, 3.63) is 22.2 Å². The molecule has 0 saturated carbocycles. The lowest BCUT2D eigenvalue weighted by Gasteiger charge is -2.04. The number of aryl methyl sites for hydroxylation is 1. The summed E-state index contributed by atoms with van der Waals surface area (Å²) >= 11 is 0. The lowest BCUT2D eigenvalue weighted by molar-refractivity contribution is 0.293. The Hall–Kier alpha value is -1.32. The fourth-order valence-corrected chi connectivity index (χ4v) is 1.15. The summed E-state index contributed by atoms with van der Waals surface area (Å²) in [5.74, 6) is 1.00. The minimum atomic E-state index is -0.164. The van der Waals surface area contributed by atoms with Gasteiger partial charge < -0.3 is 9.72 Å². The first-order chi connectivity index (χ1) is 6.72. The van der Waals surface area contributed by atoms with E-state index in [1.165, 1.54) is 6.07 Å². The lowest BCUT2D eigenvalue weighted by Crippen LogP contribution is -2.10. The van der Waals surface area contributed by atoms with Gasteiger partial charge in [-0.05, 0) is 13.3 Å². The molecule has 0 aromatic carbocycles. The summed E-state index contributed by atoms with van der Waals surface area (Å²) in [7, 11) is 0. The van der Waals surface area contributed by atoms with Crippen molar-refractivity contribution in [1.82, 2.24) is 9.97 Å². The van der Waals surface area contributed by atoms with Crippen LogP contribution >= 0.6 is 0 Å². The maximum absolute atomic E-state index is 11.0. The van der Waals surface area contributed by atoms with E-state index in [1.54, 1.807) is 6.92 Å². The molecular formula is C10H16N2O2. The Morgan fingerprint density at radius 1 is 1.50 bits per heavy atom. The highest BCUT2D eigenvalue weighted by molar-refractivity contribution is 5.07. The van der Waals surface area contributed by atoms with E-state index in [-0.39, 0.29) is 5.56 Å². The molecule has 4 heteroatoms. The highest BCUT2D eigenvalue weighted by atomic mass is 16.5. The van der Waals surface area contributed by atoms with E-state index in [4.69, 9.17) is 4.74 Å². The minimum Gasteiger partial charge on any atom is -0.477 e. The van der Waals surface area contributed by atoms with E-state index in [1.807, 2.05) is 0 Å². The van der Waals surface area contributed by atoms with Gasteiger partial charge in [-0.2, -0.15) is 0 Å². The number of aromatic amines is 1. The van der Waals surface area contributed by atoms with Gasteiger partial charge in [0.25, 0.3) is 5.56 Å². The molecule has 0 radical (unpaired) electrons. The van der Waals surface area contributed by atoms with E-state index >= 15 is 0 Å². The van der Waals surface area contributed by atoms with Crippen LogP contribution in [0, 0.1) is 6.92 Å². The fourth-order valence-electron chi connectivity index (χ4n) is 1.15. The van der Waals surface area contributed by atoms with Gasteiger partial charge >= 0.3 is 0 Å². The van der Waals surface area contributed by atoms with Gasteiger partial charge in [0, 0.05) is 0 Å². The average molecular weight is 196 g/mol. The number of H-pyrrole nitrogens is 1. The van der Waals surface area contributed by atoms with Crippen LogP contribution in [0.5, 0.6) is 5.88 Å². The molecule has 1 rings (SSSR count). The van der Waals surface area contributed by atoms with Crippen molar-refractivity contribution in [3.63, 3.8) is 0 Å². The molecule has 0 aliphatic rings.